The Hall–Kier alpha value is -4.32. The molecule has 0 unspecified atom stereocenters. The second kappa shape index (κ2) is 10.6. The average Bonchev–Trinajstić information content (AvgIpc) is 3.55. The van der Waals surface area contributed by atoms with E-state index in [2.05, 4.69) is 73.5 Å². The molecular formula is C30H29N7O3S. The first-order chi connectivity index (χ1) is 20.0. The normalized spacial score (nSPS) is 15.4. The number of amides is 3. The van der Waals surface area contributed by atoms with Gasteiger partial charge in [-0.1, -0.05) is 29.8 Å². The lowest BCUT2D eigenvalue weighted by molar-refractivity contribution is 0.0383. The lowest BCUT2D eigenvalue weighted by Gasteiger charge is -2.27. The van der Waals surface area contributed by atoms with Crippen LogP contribution in [0.3, 0.4) is 0 Å². The molecule has 1 fully saturated rings. The summed E-state index contributed by atoms with van der Waals surface area (Å²) in [6, 6.07) is 16.1. The first-order valence-electron chi connectivity index (χ1n) is 13.7. The number of hydrogen-bond donors (Lipinski definition) is 2. The van der Waals surface area contributed by atoms with E-state index in [1.165, 1.54) is 28.8 Å². The van der Waals surface area contributed by atoms with Crippen LogP contribution in [0.1, 0.15) is 20.8 Å². The van der Waals surface area contributed by atoms with E-state index < -0.39 is 0 Å². The average molecular weight is 568 g/mol. The van der Waals surface area contributed by atoms with Crippen LogP contribution < -0.4 is 15.5 Å². The van der Waals surface area contributed by atoms with Crippen molar-refractivity contribution in [2.75, 3.05) is 49.6 Å². The first kappa shape index (κ1) is 25.6. The van der Waals surface area contributed by atoms with E-state index in [0.29, 0.717) is 52.0 Å². The third kappa shape index (κ3) is 4.82. The first-order valence-corrected chi connectivity index (χ1v) is 14.5. The molecule has 0 atom stereocenters. The number of thiophene rings is 1. The van der Waals surface area contributed by atoms with Crippen LogP contribution in [-0.4, -0.2) is 70.8 Å². The monoisotopic (exact) mass is 567 g/mol. The third-order valence-corrected chi connectivity index (χ3v) is 8.68. The van der Waals surface area contributed by atoms with E-state index in [-0.39, 0.29) is 11.9 Å². The summed E-state index contributed by atoms with van der Waals surface area (Å²) in [5.41, 5.74) is 4.70. The van der Waals surface area contributed by atoms with E-state index in [4.69, 9.17) is 4.74 Å². The number of anilines is 3. The topological polar surface area (TPSA) is 105 Å². The Bertz CT molecular complexity index is 1790. The number of ether oxygens (including phenoxy) is 1. The van der Waals surface area contributed by atoms with Gasteiger partial charge < -0.3 is 19.9 Å². The number of benzene rings is 2. The maximum absolute atomic E-state index is 13.5. The largest absolute Gasteiger partial charge is 0.379 e. The molecule has 3 amide bonds. The van der Waals surface area contributed by atoms with Crippen molar-refractivity contribution >= 4 is 61.6 Å². The quantitative estimate of drug-likeness (QED) is 0.294. The summed E-state index contributed by atoms with van der Waals surface area (Å²) in [6.45, 7) is 7.25. The van der Waals surface area contributed by atoms with Gasteiger partial charge in [0.15, 0.2) is 5.82 Å². The molecule has 5 heterocycles. The predicted molar refractivity (Wildman–Crippen MR) is 160 cm³/mol. The Balaban J connectivity index is 1.16. The number of aryl methyl sites for hydroxylation is 1. The van der Waals surface area contributed by atoms with Crippen LogP contribution in [0.2, 0.25) is 0 Å². The molecule has 208 valence electrons. The van der Waals surface area contributed by atoms with Crippen molar-refractivity contribution in [2.45, 2.75) is 13.5 Å². The fraction of sp³-hybridized carbons (Fsp3) is 0.267. The summed E-state index contributed by atoms with van der Waals surface area (Å²) in [4.78, 5) is 40.5. The summed E-state index contributed by atoms with van der Waals surface area (Å²) in [7, 11) is 0. The summed E-state index contributed by atoms with van der Waals surface area (Å²) < 4.78 is 7.59. The van der Waals surface area contributed by atoms with Gasteiger partial charge in [-0.25, -0.2) is 19.7 Å². The summed E-state index contributed by atoms with van der Waals surface area (Å²) in [5.74, 6) is 0.239. The number of nitrogens with zero attached hydrogens (tertiary/aromatic N) is 5. The SMILES string of the molecule is Cc1cccc(Cn2ccc3cc(N4C(=O)Nc5c(C(=O)NCCN6CCOCC6)sc6ncnc4c56)ccc32)c1. The predicted octanol–water partition coefficient (Wildman–Crippen LogP) is 4.75. The molecule has 2 aliphatic rings. The Morgan fingerprint density at radius 2 is 2.00 bits per heavy atom. The molecule has 1 saturated heterocycles. The zero-order valence-corrected chi connectivity index (χ0v) is 23.4. The Morgan fingerprint density at radius 1 is 1.12 bits per heavy atom. The Labute approximate surface area is 240 Å². The molecule has 0 radical (unpaired) electrons. The highest BCUT2D eigenvalue weighted by Gasteiger charge is 2.34. The maximum Gasteiger partial charge on any atom is 0.332 e. The number of morpholine rings is 1. The number of nitrogens with one attached hydrogen (secondary N) is 2. The minimum absolute atomic E-state index is 0.229. The lowest BCUT2D eigenvalue weighted by atomic mass is 10.1. The van der Waals surface area contributed by atoms with E-state index >= 15 is 0 Å². The molecule has 0 saturated carbocycles. The number of carbonyl (C=O) groups excluding carboxylic acids is 2. The molecule has 0 spiro atoms. The highest BCUT2D eigenvalue weighted by molar-refractivity contribution is 7.21. The van der Waals surface area contributed by atoms with Gasteiger partial charge >= 0.3 is 6.03 Å². The molecule has 0 aliphatic carbocycles. The van der Waals surface area contributed by atoms with Gasteiger partial charge in [0.1, 0.15) is 16.0 Å². The van der Waals surface area contributed by atoms with E-state index in [1.807, 2.05) is 18.2 Å². The van der Waals surface area contributed by atoms with Crippen LogP contribution in [0, 0.1) is 6.92 Å². The van der Waals surface area contributed by atoms with Crippen LogP contribution in [0.25, 0.3) is 21.1 Å². The van der Waals surface area contributed by atoms with Crippen molar-refractivity contribution in [1.82, 2.24) is 24.8 Å². The summed E-state index contributed by atoms with van der Waals surface area (Å²) in [5, 5.41) is 7.65. The van der Waals surface area contributed by atoms with Gasteiger partial charge in [0.25, 0.3) is 5.91 Å². The van der Waals surface area contributed by atoms with Gasteiger partial charge in [0.2, 0.25) is 0 Å². The molecule has 11 heteroatoms. The van der Waals surface area contributed by atoms with Gasteiger partial charge in [-0.3, -0.25) is 9.69 Å². The van der Waals surface area contributed by atoms with Crippen molar-refractivity contribution < 1.29 is 14.3 Å². The highest BCUT2D eigenvalue weighted by atomic mass is 32.1. The minimum Gasteiger partial charge on any atom is -0.379 e. The molecule has 0 bridgehead atoms. The molecule has 10 nitrogen and oxygen atoms in total. The van der Waals surface area contributed by atoms with Crippen LogP contribution in [0.15, 0.2) is 61.1 Å². The number of urea groups is 1. The molecule has 7 rings (SSSR count). The fourth-order valence-corrected chi connectivity index (χ4v) is 6.58. The van der Waals surface area contributed by atoms with Gasteiger partial charge in [0, 0.05) is 49.8 Å². The van der Waals surface area contributed by atoms with E-state index in [0.717, 1.165) is 37.1 Å². The number of aromatic nitrogens is 3. The van der Waals surface area contributed by atoms with Gasteiger partial charge in [-0.2, -0.15) is 0 Å². The van der Waals surface area contributed by atoms with Crippen molar-refractivity contribution in [3.05, 3.63) is 77.1 Å². The molecular weight excluding hydrogens is 538 g/mol. The van der Waals surface area contributed by atoms with E-state index in [9.17, 15) is 9.59 Å². The lowest BCUT2D eigenvalue weighted by Crippen LogP contribution is -2.41. The maximum atomic E-state index is 13.5. The highest BCUT2D eigenvalue weighted by Crippen LogP contribution is 2.44. The van der Waals surface area contributed by atoms with Crippen LogP contribution in [-0.2, 0) is 11.3 Å². The smallest absolute Gasteiger partial charge is 0.332 e. The van der Waals surface area contributed by atoms with Crippen LogP contribution >= 0.6 is 11.3 Å². The zero-order chi connectivity index (χ0) is 27.9. The molecule has 5 aromatic rings. The third-order valence-electron chi connectivity index (χ3n) is 7.59. The molecule has 2 N–H and O–H groups in total. The van der Waals surface area contributed by atoms with Gasteiger partial charge in [0.05, 0.1) is 30.0 Å². The second-order valence-electron chi connectivity index (χ2n) is 10.3. The number of hydrogen-bond acceptors (Lipinski definition) is 7. The minimum atomic E-state index is -0.364. The van der Waals surface area contributed by atoms with E-state index in [1.54, 1.807) is 4.90 Å². The zero-order valence-electron chi connectivity index (χ0n) is 22.6. The second-order valence-corrected chi connectivity index (χ2v) is 11.3. The molecule has 3 aromatic heterocycles. The van der Waals surface area contributed by atoms with Gasteiger partial charge in [-0.05, 0) is 36.8 Å². The van der Waals surface area contributed by atoms with Gasteiger partial charge in [-0.15, -0.1) is 11.3 Å². The summed E-state index contributed by atoms with van der Waals surface area (Å²) >= 11 is 1.26. The van der Waals surface area contributed by atoms with Crippen molar-refractivity contribution in [2.24, 2.45) is 0 Å². The number of carbonyl (C=O) groups is 2. The molecule has 2 aliphatic heterocycles. The molecule has 41 heavy (non-hydrogen) atoms. The van der Waals surface area contributed by atoms with Crippen molar-refractivity contribution in [3.63, 3.8) is 0 Å². The fourth-order valence-electron chi connectivity index (χ4n) is 5.57. The summed E-state index contributed by atoms with van der Waals surface area (Å²) in [6.07, 6.45) is 3.51. The Morgan fingerprint density at radius 3 is 2.85 bits per heavy atom. The molecule has 2 aromatic carbocycles. The Kier molecular flexibility index (Phi) is 6.62. The van der Waals surface area contributed by atoms with Crippen LogP contribution in [0.5, 0.6) is 0 Å². The standard InChI is InChI=1S/C30H29N7O3S/c1-19-3-2-4-20(15-19)17-36-9-7-21-16-22(5-6-23(21)36)37-27-24-25(34-30(37)39)26(41-29(24)33-18-32-27)28(38)31-8-10-35-11-13-40-14-12-35/h2-7,9,15-16,18H,8,10-14,17H2,1H3,(H,31,38)(H,34,39). The number of rotatable bonds is 7. The van der Waals surface area contributed by atoms with Crippen molar-refractivity contribution in [3.8, 4) is 0 Å². The number of fused-ring (bicyclic) bond motifs is 1. The van der Waals surface area contributed by atoms with Crippen molar-refractivity contribution in [1.29, 1.82) is 0 Å². The van der Waals surface area contributed by atoms with Crippen LogP contribution in [0.4, 0.5) is 22.0 Å².